The highest BCUT2D eigenvalue weighted by Crippen LogP contribution is 2.25. The number of nitrogens with zero attached hydrogens (tertiary/aromatic N) is 1. The fraction of sp³-hybridized carbons (Fsp3) is 0.385. The number of rotatable bonds is 2. The molecule has 1 heterocycles. The summed E-state index contributed by atoms with van der Waals surface area (Å²) in [4.78, 5) is 24.7. The second-order valence-corrected chi connectivity index (χ2v) is 5.47. The maximum Gasteiger partial charge on any atom is 0.335 e. The summed E-state index contributed by atoms with van der Waals surface area (Å²) >= 11 is 3.27. The number of carbonyl (C=O) groups excluding carboxylic acids is 1. The van der Waals surface area contributed by atoms with Crippen molar-refractivity contribution in [3.05, 3.63) is 28.2 Å². The maximum atomic E-state index is 12.1. The van der Waals surface area contributed by atoms with Crippen LogP contribution < -0.4 is 5.32 Å². The standard InChI is InChI=1S/C13H15BrN2O3/c1-8-3-2-6-16(8)13(19)15-11-5-4-9(12(17)18)7-10(11)14/h4-5,7-8H,2-3,6H2,1H3,(H,15,19)(H,17,18). The molecule has 102 valence electrons. The van der Waals surface area contributed by atoms with Gasteiger partial charge in [-0.15, -0.1) is 0 Å². The van der Waals surface area contributed by atoms with Gasteiger partial charge in [-0.2, -0.15) is 0 Å². The molecule has 0 aromatic heterocycles. The van der Waals surface area contributed by atoms with Crippen molar-refractivity contribution < 1.29 is 14.7 Å². The van der Waals surface area contributed by atoms with Crippen LogP contribution in [0.5, 0.6) is 0 Å². The van der Waals surface area contributed by atoms with Gasteiger partial charge in [-0.3, -0.25) is 0 Å². The second-order valence-electron chi connectivity index (χ2n) is 4.61. The third kappa shape index (κ3) is 3.07. The van der Waals surface area contributed by atoms with Gasteiger partial charge in [-0.1, -0.05) is 0 Å². The van der Waals surface area contributed by atoms with Crippen molar-refractivity contribution in [3.8, 4) is 0 Å². The van der Waals surface area contributed by atoms with E-state index in [2.05, 4.69) is 21.2 Å². The Kier molecular flexibility index (Phi) is 4.09. The Morgan fingerprint density at radius 3 is 2.74 bits per heavy atom. The van der Waals surface area contributed by atoms with Crippen LogP contribution in [0, 0.1) is 0 Å². The molecule has 1 aromatic rings. The number of aromatic carboxylic acids is 1. The lowest BCUT2D eigenvalue weighted by molar-refractivity contribution is 0.0697. The summed E-state index contributed by atoms with van der Waals surface area (Å²) in [6, 6.07) is 4.64. The molecular weight excluding hydrogens is 312 g/mol. The van der Waals surface area contributed by atoms with E-state index >= 15 is 0 Å². The van der Waals surface area contributed by atoms with Crippen molar-refractivity contribution in [1.82, 2.24) is 4.90 Å². The Hall–Kier alpha value is -1.56. The van der Waals surface area contributed by atoms with Crippen molar-refractivity contribution in [2.45, 2.75) is 25.8 Å². The van der Waals surface area contributed by atoms with Crippen molar-refractivity contribution in [2.75, 3.05) is 11.9 Å². The fourth-order valence-corrected chi connectivity index (χ4v) is 2.65. The number of carbonyl (C=O) groups is 2. The summed E-state index contributed by atoms with van der Waals surface area (Å²) < 4.78 is 0.563. The highest BCUT2D eigenvalue weighted by atomic mass is 79.9. The Labute approximate surface area is 119 Å². The molecule has 2 rings (SSSR count). The summed E-state index contributed by atoms with van der Waals surface area (Å²) in [6.45, 7) is 2.78. The summed E-state index contributed by atoms with van der Waals surface area (Å²) in [5.41, 5.74) is 0.758. The molecule has 0 saturated carbocycles. The van der Waals surface area contributed by atoms with E-state index in [0.717, 1.165) is 19.4 Å². The first-order valence-electron chi connectivity index (χ1n) is 6.09. The molecule has 5 nitrogen and oxygen atoms in total. The number of carboxylic acid groups (broad SMARTS) is 1. The van der Waals surface area contributed by atoms with E-state index in [0.29, 0.717) is 10.2 Å². The van der Waals surface area contributed by atoms with Crippen LogP contribution in [0.2, 0.25) is 0 Å². The second kappa shape index (κ2) is 5.61. The first-order valence-corrected chi connectivity index (χ1v) is 6.89. The van der Waals surface area contributed by atoms with Crippen molar-refractivity contribution in [3.63, 3.8) is 0 Å². The summed E-state index contributed by atoms with van der Waals surface area (Å²) in [5.74, 6) is -0.994. The van der Waals surface area contributed by atoms with Gasteiger partial charge in [0.25, 0.3) is 0 Å². The van der Waals surface area contributed by atoms with Crippen molar-refractivity contribution in [2.24, 2.45) is 0 Å². The zero-order valence-corrected chi connectivity index (χ0v) is 12.1. The molecule has 2 N–H and O–H groups in total. The molecule has 19 heavy (non-hydrogen) atoms. The van der Waals surface area contributed by atoms with Crippen LogP contribution >= 0.6 is 15.9 Å². The number of likely N-dealkylation sites (tertiary alicyclic amines) is 1. The van der Waals surface area contributed by atoms with E-state index in [1.165, 1.54) is 12.1 Å². The Morgan fingerprint density at radius 1 is 1.47 bits per heavy atom. The number of anilines is 1. The van der Waals surface area contributed by atoms with Gasteiger partial charge in [-0.25, -0.2) is 9.59 Å². The topological polar surface area (TPSA) is 69.6 Å². The van der Waals surface area contributed by atoms with Crippen molar-refractivity contribution in [1.29, 1.82) is 0 Å². The number of carboxylic acids is 1. The third-order valence-corrected chi connectivity index (χ3v) is 3.93. The number of urea groups is 1. The van der Waals surface area contributed by atoms with Crippen molar-refractivity contribution >= 4 is 33.6 Å². The smallest absolute Gasteiger partial charge is 0.335 e. The van der Waals surface area contributed by atoms with E-state index in [1.807, 2.05) is 6.92 Å². The number of halogens is 1. The van der Waals surface area contributed by atoms with Gasteiger partial charge in [0, 0.05) is 17.1 Å². The predicted molar refractivity (Wildman–Crippen MR) is 75.5 cm³/mol. The van der Waals surface area contributed by atoms with Crippen LogP contribution in [-0.4, -0.2) is 34.6 Å². The van der Waals surface area contributed by atoms with Gasteiger partial charge < -0.3 is 15.3 Å². The van der Waals surface area contributed by atoms with E-state index in [4.69, 9.17) is 5.11 Å². The highest BCUT2D eigenvalue weighted by Gasteiger charge is 2.25. The Balaban J connectivity index is 2.11. The van der Waals surface area contributed by atoms with Crippen LogP contribution in [0.1, 0.15) is 30.1 Å². The normalized spacial score (nSPS) is 18.4. The van der Waals surface area contributed by atoms with Gasteiger partial charge in [-0.05, 0) is 53.9 Å². The van der Waals surface area contributed by atoms with E-state index in [9.17, 15) is 9.59 Å². The molecule has 0 spiro atoms. The highest BCUT2D eigenvalue weighted by molar-refractivity contribution is 9.10. The minimum absolute atomic E-state index is 0.145. The van der Waals surface area contributed by atoms with Gasteiger partial charge in [0.15, 0.2) is 0 Å². The molecule has 2 amide bonds. The first kappa shape index (κ1) is 13.9. The maximum absolute atomic E-state index is 12.1. The molecule has 0 radical (unpaired) electrons. The molecule has 1 aliphatic rings. The number of nitrogens with one attached hydrogen (secondary N) is 1. The SMILES string of the molecule is CC1CCCN1C(=O)Nc1ccc(C(=O)O)cc1Br. The minimum atomic E-state index is -0.994. The average Bonchev–Trinajstić information content (AvgIpc) is 2.77. The van der Waals surface area contributed by atoms with Crippen LogP contribution in [0.3, 0.4) is 0 Å². The summed E-state index contributed by atoms with van der Waals surface area (Å²) in [7, 11) is 0. The largest absolute Gasteiger partial charge is 0.478 e. The van der Waals surface area contributed by atoms with Gasteiger partial charge >= 0.3 is 12.0 Å². The first-order chi connectivity index (χ1) is 8.99. The molecule has 1 saturated heterocycles. The molecule has 1 atom stereocenters. The van der Waals surface area contributed by atoms with E-state index in [1.54, 1.807) is 11.0 Å². The molecule has 1 aromatic carbocycles. The predicted octanol–water partition coefficient (Wildman–Crippen LogP) is 3.16. The van der Waals surface area contributed by atoms with Crippen LogP contribution in [0.25, 0.3) is 0 Å². The van der Waals surface area contributed by atoms with E-state index in [-0.39, 0.29) is 17.6 Å². The quantitative estimate of drug-likeness (QED) is 0.877. The third-order valence-electron chi connectivity index (χ3n) is 3.27. The number of hydrogen-bond acceptors (Lipinski definition) is 2. The van der Waals surface area contributed by atoms with E-state index < -0.39 is 5.97 Å². The summed E-state index contributed by atoms with van der Waals surface area (Å²) in [6.07, 6.45) is 2.04. The lowest BCUT2D eigenvalue weighted by atomic mass is 10.2. The summed E-state index contributed by atoms with van der Waals surface area (Å²) in [5, 5.41) is 11.7. The zero-order chi connectivity index (χ0) is 14.0. The number of benzene rings is 1. The Bertz CT molecular complexity index is 519. The molecule has 6 heteroatoms. The van der Waals surface area contributed by atoms with Crippen LogP contribution in [0.15, 0.2) is 22.7 Å². The average molecular weight is 327 g/mol. The molecule has 0 bridgehead atoms. The molecule has 1 fully saturated rings. The number of amides is 2. The van der Waals surface area contributed by atoms with Gasteiger partial charge in [0.1, 0.15) is 0 Å². The lowest BCUT2D eigenvalue weighted by Crippen LogP contribution is -2.37. The van der Waals surface area contributed by atoms with Crippen LogP contribution in [0.4, 0.5) is 10.5 Å². The van der Waals surface area contributed by atoms with Crippen LogP contribution in [-0.2, 0) is 0 Å². The molecule has 0 aliphatic carbocycles. The van der Waals surface area contributed by atoms with Gasteiger partial charge in [0.2, 0.25) is 0 Å². The minimum Gasteiger partial charge on any atom is -0.478 e. The fourth-order valence-electron chi connectivity index (χ4n) is 2.17. The number of hydrogen-bond donors (Lipinski definition) is 2. The molecular formula is C13H15BrN2O3. The molecule has 1 aliphatic heterocycles. The lowest BCUT2D eigenvalue weighted by Gasteiger charge is -2.22. The monoisotopic (exact) mass is 326 g/mol. The molecule has 1 unspecified atom stereocenters. The zero-order valence-electron chi connectivity index (χ0n) is 10.5. The Morgan fingerprint density at radius 2 is 2.21 bits per heavy atom. The van der Waals surface area contributed by atoms with Gasteiger partial charge in [0.05, 0.1) is 11.3 Å².